The van der Waals surface area contributed by atoms with E-state index in [9.17, 15) is 4.79 Å². The number of nitrogens with one attached hydrogen (secondary N) is 1. The molecule has 0 bridgehead atoms. The molecule has 1 fully saturated rings. The molecule has 6 nitrogen and oxygen atoms in total. The molecule has 3 rings (SSSR count). The summed E-state index contributed by atoms with van der Waals surface area (Å²) in [4.78, 5) is 14.3. The Morgan fingerprint density at radius 2 is 2.11 bits per heavy atom. The van der Waals surface area contributed by atoms with Gasteiger partial charge in [0.05, 0.1) is 5.02 Å². The summed E-state index contributed by atoms with van der Waals surface area (Å²) in [5, 5.41) is 3.50. The maximum Gasteiger partial charge on any atom is 0.407 e. The smallest absolute Gasteiger partial charge is 0.407 e. The van der Waals surface area contributed by atoms with E-state index in [1.165, 1.54) is 0 Å². The van der Waals surface area contributed by atoms with Gasteiger partial charge in [-0.1, -0.05) is 11.6 Å². The molecule has 0 spiro atoms. The lowest BCUT2D eigenvalue weighted by Crippen LogP contribution is -2.41. The predicted octanol–water partition coefficient (Wildman–Crippen LogP) is 3.85. The van der Waals surface area contributed by atoms with Crippen LogP contribution in [0.3, 0.4) is 0 Å². The predicted molar refractivity (Wildman–Crippen MR) is 105 cm³/mol. The van der Waals surface area contributed by atoms with Gasteiger partial charge in [-0.3, -0.25) is 4.90 Å². The van der Waals surface area contributed by atoms with Gasteiger partial charge >= 0.3 is 6.09 Å². The van der Waals surface area contributed by atoms with E-state index >= 15 is 0 Å². The van der Waals surface area contributed by atoms with Crippen molar-refractivity contribution in [3.05, 3.63) is 22.7 Å². The molecule has 1 saturated heterocycles. The number of hydrogen-bond donors (Lipinski definition) is 1. The average molecular weight is 397 g/mol. The first-order valence-corrected chi connectivity index (χ1v) is 9.95. The molecule has 2 aliphatic heterocycles. The highest BCUT2D eigenvalue weighted by Crippen LogP contribution is 2.38. The van der Waals surface area contributed by atoms with Crippen molar-refractivity contribution in [1.82, 2.24) is 10.2 Å². The molecule has 0 aromatic heterocycles. The van der Waals surface area contributed by atoms with E-state index in [0.717, 1.165) is 43.8 Å². The largest absolute Gasteiger partial charge is 0.486 e. The van der Waals surface area contributed by atoms with E-state index in [2.05, 4.69) is 10.2 Å². The summed E-state index contributed by atoms with van der Waals surface area (Å²) in [6.45, 7) is 10.1. The summed E-state index contributed by atoms with van der Waals surface area (Å²) in [5.41, 5.74) is 0.644. The second-order valence-corrected chi connectivity index (χ2v) is 8.64. The third kappa shape index (κ3) is 5.91. The van der Waals surface area contributed by atoms with Crippen LogP contribution in [0.1, 0.15) is 39.2 Å². The van der Waals surface area contributed by atoms with Crippen molar-refractivity contribution in [2.45, 2.75) is 45.8 Å². The third-order valence-electron chi connectivity index (χ3n) is 4.60. The third-order valence-corrected chi connectivity index (χ3v) is 4.88. The van der Waals surface area contributed by atoms with Gasteiger partial charge in [-0.15, -0.1) is 0 Å². The van der Waals surface area contributed by atoms with Crippen LogP contribution in [0.4, 0.5) is 4.79 Å². The Bertz CT molecular complexity index is 675. The molecule has 150 valence electrons. The molecule has 1 aromatic carbocycles. The molecule has 1 unspecified atom stereocenters. The summed E-state index contributed by atoms with van der Waals surface area (Å²) in [5.74, 6) is 1.78. The summed E-state index contributed by atoms with van der Waals surface area (Å²) in [6.07, 6.45) is 1.87. The first-order chi connectivity index (χ1) is 12.8. The zero-order valence-corrected chi connectivity index (χ0v) is 17.1. The molecule has 7 heteroatoms. The highest BCUT2D eigenvalue weighted by molar-refractivity contribution is 6.32. The zero-order valence-electron chi connectivity index (χ0n) is 16.3. The van der Waals surface area contributed by atoms with E-state index in [1.54, 1.807) is 0 Å². The molecule has 2 heterocycles. The Labute approximate surface area is 166 Å². The highest BCUT2D eigenvalue weighted by Gasteiger charge is 2.23. The molecular weight excluding hydrogens is 368 g/mol. The van der Waals surface area contributed by atoms with Gasteiger partial charge in [-0.05, 0) is 63.8 Å². The van der Waals surface area contributed by atoms with Crippen LogP contribution in [-0.4, -0.2) is 49.4 Å². The fraction of sp³-hybridized carbons (Fsp3) is 0.650. The van der Waals surface area contributed by atoms with Gasteiger partial charge < -0.3 is 19.5 Å². The minimum absolute atomic E-state index is 0.349. The lowest BCUT2D eigenvalue weighted by Gasteiger charge is -2.33. The molecule has 1 aromatic rings. The molecule has 0 radical (unpaired) electrons. The van der Waals surface area contributed by atoms with Crippen molar-refractivity contribution < 1.29 is 19.0 Å². The fourth-order valence-electron chi connectivity index (χ4n) is 3.52. The number of rotatable bonds is 4. The van der Waals surface area contributed by atoms with E-state index in [4.69, 9.17) is 25.8 Å². The Kier molecular flexibility index (Phi) is 6.37. The summed E-state index contributed by atoms with van der Waals surface area (Å²) in [6, 6.07) is 3.97. The van der Waals surface area contributed by atoms with Crippen molar-refractivity contribution in [3.8, 4) is 11.5 Å². The van der Waals surface area contributed by atoms with Crippen LogP contribution in [0.15, 0.2) is 12.1 Å². The number of amides is 1. The van der Waals surface area contributed by atoms with Crippen LogP contribution in [0, 0.1) is 5.92 Å². The highest BCUT2D eigenvalue weighted by atomic mass is 35.5. The van der Waals surface area contributed by atoms with Crippen LogP contribution in [-0.2, 0) is 11.3 Å². The van der Waals surface area contributed by atoms with Crippen LogP contribution >= 0.6 is 11.6 Å². The van der Waals surface area contributed by atoms with E-state index in [0.29, 0.717) is 36.4 Å². The van der Waals surface area contributed by atoms with Crippen LogP contribution in [0.2, 0.25) is 5.02 Å². The number of piperidine rings is 1. The maximum atomic E-state index is 11.9. The van der Waals surface area contributed by atoms with Gasteiger partial charge in [0, 0.05) is 19.6 Å². The molecule has 1 atom stereocenters. The summed E-state index contributed by atoms with van der Waals surface area (Å²) >= 11 is 6.35. The first kappa shape index (κ1) is 20.1. The number of ether oxygens (including phenoxy) is 3. The molecule has 1 amide bonds. The second-order valence-electron chi connectivity index (χ2n) is 8.23. The SMILES string of the molecule is CC(C)(C)OC(=O)NCC1CCCN(Cc2cc(Cl)c3c(c2)OCCO3)C1. The zero-order chi connectivity index (χ0) is 19.4. The van der Waals surface area contributed by atoms with Crippen LogP contribution in [0.25, 0.3) is 0 Å². The standard InChI is InChI=1S/C20H29ClN2O4/c1-20(2,3)27-19(24)22-11-14-5-4-6-23(12-14)13-15-9-16(21)18-17(10-15)25-7-8-26-18/h9-10,14H,4-8,11-13H2,1-3H3,(H,22,24). The van der Waals surface area contributed by atoms with Crippen molar-refractivity contribution >= 4 is 17.7 Å². The number of hydrogen-bond acceptors (Lipinski definition) is 5. The minimum atomic E-state index is -0.472. The van der Waals surface area contributed by atoms with Crippen molar-refractivity contribution in [3.63, 3.8) is 0 Å². The van der Waals surface area contributed by atoms with Gasteiger partial charge in [0.25, 0.3) is 0 Å². The number of alkyl carbamates (subject to hydrolysis) is 1. The molecule has 0 saturated carbocycles. The molecule has 27 heavy (non-hydrogen) atoms. The van der Waals surface area contributed by atoms with Crippen molar-refractivity contribution in [1.29, 1.82) is 0 Å². The topological polar surface area (TPSA) is 60.0 Å². The Balaban J connectivity index is 1.53. The van der Waals surface area contributed by atoms with Gasteiger partial charge in [0.1, 0.15) is 18.8 Å². The summed E-state index contributed by atoms with van der Waals surface area (Å²) < 4.78 is 16.6. The number of benzene rings is 1. The van der Waals surface area contributed by atoms with E-state index < -0.39 is 5.60 Å². The minimum Gasteiger partial charge on any atom is -0.486 e. The molecular formula is C20H29ClN2O4. The molecule has 2 aliphatic rings. The maximum absolute atomic E-state index is 11.9. The average Bonchev–Trinajstić information content (AvgIpc) is 2.59. The van der Waals surface area contributed by atoms with Gasteiger partial charge in [0.2, 0.25) is 0 Å². The lowest BCUT2D eigenvalue weighted by atomic mass is 9.97. The van der Waals surface area contributed by atoms with Gasteiger partial charge in [-0.25, -0.2) is 4.79 Å². The second kappa shape index (κ2) is 8.57. The van der Waals surface area contributed by atoms with Crippen LogP contribution < -0.4 is 14.8 Å². The number of carbonyl (C=O) groups excluding carboxylic acids is 1. The summed E-state index contributed by atoms with van der Waals surface area (Å²) in [7, 11) is 0. The van der Waals surface area contributed by atoms with Crippen LogP contribution in [0.5, 0.6) is 11.5 Å². The number of nitrogens with zero attached hydrogens (tertiary/aromatic N) is 1. The normalized spacial score (nSPS) is 20.2. The monoisotopic (exact) mass is 396 g/mol. The fourth-order valence-corrected chi connectivity index (χ4v) is 3.80. The number of fused-ring (bicyclic) bond motifs is 1. The molecule has 1 N–H and O–H groups in total. The van der Waals surface area contributed by atoms with Crippen molar-refractivity contribution in [2.24, 2.45) is 5.92 Å². The number of carbonyl (C=O) groups is 1. The number of likely N-dealkylation sites (tertiary alicyclic amines) is 1. The van der Waals surface area contributed by atoms with Gasteiger partial charge in [0.15, 0.2) is 11.5 Å². The lowest BCUT2D eigenvalue weighted by molar-refractivity contribution is 0.0506. The Morgan fingerprint density at radius 1 is 1.33 bits per heavy atom. The van der Waals surface area contributed by atoms with E-state index in [1.807, 2.05) is 32.9 Å². The van der Waals surface area contributed by atoms with Crippen molar-refractivity contribution in [2.75, 3.05) is 32.8 Å². The molecule has 0 aliphatic carbocycles. The van der Waals surface area contributed by atoms with Gasteiger partial charge in [-0.2, -0.15) is 0 Å². The Morgan fingerprint density at radius 3 is 2.89 bits per heavy atom. The quantitative estimate of drug-likeness (QED) is 0.837. The van der Waals surface area contributed by atoms with E-state index in [-0.39, 0.29) is 6.09 Å². The number of halogens is 1. The Hall–Kier alpha value is -1.66. The first-order valence-electron chi connectivity index (χ1n) is 9.57.